The second-order valence-electron chi connectivity index (χ2n) is 2.94. The first kappa shape index (κ1) is 10.7. The number of carbonyl (C=O) groups excluding carboxylic acids is 1. The van der Waals surface area contributed by atoms with Crippen LogP contribution in [0.2, 0.25) is 0 Å². The summed E-state index contributed by atoms with van der Waals surface area (Å²) < 4.78 is 5.05. The van der Waals surface area contributed by atoms with Crippen LogP contribution in [0.15, 0.2) is 12.2 Å². The second-order valence-corrected chi connectivity index (χ2v) is 2.94. The van der Waals surface area contributed by atoms with Gasteiger partial charge in [-0.3, -0.25) is 9.59 Å². The van der Waals surface area contributed by atoms with Crippen LogP contribution in [0.5, 0.6) is 0 Å². The first-order chi connectivity index (χ1) is 6.70. The minimum Gasteiger partial charge on any atom is -0.481 e. The monoisotopic (exact) mass is 199 g/mol. The highest BCUT2D eigenvalue weighted by molar-refractivity contribution is 5.89. The number of aliphatic carboxylic acids is 1. The first-order valence-electron chi connectivity index (χ1n) is 4.45. The molecular weight excluding hydrogens is 186 g/mol. The van der Waals surface area contributed by atoms with E-state index in [-0.39, 0.29) is 18.9 Å². The number of rotatable bonds is 6. The maximum Gasteiger partial charge on any atom is 0.305 e. The molecule has 5 heteroatoms. The van der Waals surface area contributed by atoms with Crippen molar-refractivity contribution in [3.8, 4) is 0 Å². The molecule has 0 aliphatic carbocycles. The number of hydrogen-bond donors (Lipinski definition) is 1. The third kappa shape index (κ3) is 3.57. The average molecular weight is 199 g/mol. The van der Waals surface area contributed by atoms with Gasteiger partial charge in [0.2, 0.25) is 5.91 Å². The summed E-state index contributed by atoms with van der Waals surface area (Å²) in [5.41, 5.74) is 0. The SMILES string of the molecule is O=C(O)CCOCCN1CC=CC1=O. The van der Waals surface area contributed by atoms with E-state index in [1.54, 1.807) is 11.0 Å². The lowest BCUT2D eigenvalue weighted by Gasteiger charge is -2.14. The van der Waals surface area contributed by atoms with Crippen LogP contribution < -0.4 is 0 Å². The molecule has 0 radical (unpaired) electrons. The molecule has 1 N–H and O–H groups in total. The molecule has 1 aliphatic heterocycles. The number of carboxylic acid groups (broad SMARTS) is 1. The molecule has 0 saturated carbocycles. The predicted molar refractivity (Wildman–Crippen MR) is 48.8 cm³/mol. The topological polar surface area (TPSA) is 66.8 Å². The summed E-state index contributed by atoms with van der Waals surface area (Å²) in [7, 11) is 0. The van der Waals surface area contributed by atoms with Crippen molar-refractivity contribution in [2.24, 2.45) is 0 Å². The van der Waals surface area contributed by atoms with Gasteiger partial charge >= 0.3 is 5.97 Å². The van der Waals surface area contributed by atoms with E-state index >= 15 is 0 Å². The molecule has 0 unspecified atom stereocenters. The average Bonchev–Trinajstić information content (AvgIpc) is 2.51. The number of amides is 1. The fraction of sp³-hybridized carbons (Fsp3) is 0.556. The highest BCUT2D eigenvalue weighted by Gasteiger charge is 2.13. The Morgan fingerprint density at radius 2 is 2.36 bits per heavy atom. The van der Waals surface area contributed by atoms with Crippen molar-refractivity contribution >= 4 is 11.9 Å². The number of carbonyl (C=O) groups is 2. The summed E-state index contributed by atoms with van der Waals surface area (Å²) in [6.45, 7) is 1.73. The first-order valence-corrected chi connectivity index (χ1v) is 4.45. The standard InChI is InChI=1S/C9H13NO4/c11-8-2-1-4-10(8)5-7-14-6-3-9(12)13/h1-2H,3-7H2,(H,12,13). The Kier molecular flexibility index (Phi) is 4.12. The van der Waals surface area contributed by atoms with Crippen molar-refractivity contribution in [1.82, 2.24) is 4.90 Å². The van der Waals surface area contributed by atoms with Gasteiger partial charge in [-0.2, -0.15) is 0 Å². The van der Waals surface area contributed by atoms with Crippen molar-refractivity contribution < 1.29 is 19.4 Å². The zero-order chi connectivity index (χ0) is 10.4. The molecule has 0 aromatic rings. The van der Waals surface area contributed by atoms with Crippen molar-refractivity contribution in [1.29, 1.82) is 0 Å². The lowest BCUT2D eigenvalue weighted by Crippen LogP contribution is -2.29. The van der Waals surface area contributed by atoms with Crippen molar-refractivity contribution in [3.63, 3.8) is 0 Å². The lowest BCUT2D eigenvalue weighted by atomic mass is 10.5. The normalized spacial score (nSPS) is 15.1. The van der Waals surface area contributed by atoms with E-state index in [9.17, 15) is 9.59 Å². The summed E-state index contributed by atoms with van der Waals surface area (Å²) in [6, 6.07) is 0. The Hall–Kier alpha value is -1.36. The molecule has 5 nitrogen and oxygen atoms in total. The third-order valence-electron chi connectivity index (χ3n) is 1.86. The smallest absolute Gasteiger partial charge is 0.305 e. The van der Waals surface area contributed by atoms with Crippen LogP contribution >= 0.6 is 0 Å². The van der Waals surface area contributed by atoms with Crippen LogP contribution in [0.25, 0.3) is 0 Å². The maximum absolute atomic E-state index is 11.0. The Bertz CT molecular complexity index is 249. The van der Waals surface area contributed by atoms with Crippen LogP contribution in [0, 0.1) is 0 Å². The Morgan fingerprint density at radius 3 is 2.93 bits per heavy atom. The molecule has 1 heterocycles. The Labute approximate surface area is 82.0 Å². The van der Waals surface area contributed by atoms with Crippen molar-refractivity contribution in [3.05, 3.63) is 12.2 Å². The van der Waals surface area contributed by atoms with E-state index in [4.69, 9.17) is 9.84 Å². The van der Waals surface area contributed by atoms with Gasteiger partial charge in [-0.1, -0.05) is 6.08 Å². The second kappa shape index (κ2) is 5.39. The van der Waals surface area contributed by atoms with Crippen molar-refractivity contribution in [2.75, 3.05) is 26.3 Å². The molecule has 1 aliphatic rings. The molecule has 0 atom stereocenters. The molecule has 0 aromatic carbocycles. The molecule has 0 bridgehead atoms. The van der Waals surface area contributed by atoms with E-state index < -0.39 is 5.97 Å². The lowest BCUT2D eigenvalue weighted by molar-refractivity contribution is -0.138. The van der Waals surface area contributed by atoms with Gasteiger partial charge in [-0.15, -0.1) is 0 Å². The highest BCUT2D eigenvalue weighted by atomic mass is 16.5. The summed E-state index contributed by atoms with van der Waals surface area (Å²) in [5.74, 6) is -0.879. The molecule has 1 amide bonds. The van der Waals surface area contributed by atoms with Crippen molar-refractivity contribution in [2.45, 2.75) is 6.42 Å². The molecule has 0 aromatic heterocycles. The summed E-state index contributed by atoms with van der Waals surface area (Å²) in [6.07, 6.45) is 3.32. The quantitative estimate of drug-likeness (QED) is 0.605. The predicted octanol–water partition coefficient (Wildman–Crippen LogP) is -0.124. The van der Waals surface area contributed by atoms with Gasteiger partial charge < -0.3 is 14.7 Å². The number of ether oxygens (including phenoxy) is 1. The molecular formula is C9H13NO4. The third-order valence-corrected chi connectivity index (χ3v) is 1.86. The molecule has 0 spiro atoms. The summed E-state index contributed by atoms with van der Waals surface area (Å²) in [4.78, 5) is 22.8. The van der Waals surface area contributed by atoms with Gasteiger partial charge in [0.15, 0.2) is 0 Å². The zero-order valence-corrected chi connectivity index (χ0v) is 7.81. The van der Waals surface area contributed by atoms with Crippen LogP contribution in [0.1, 0.15) is 6.42 Å². The number of hydrogen-bond acceptors (Lipinski definition) is 3. The highest BCUT2D eigenvalue weighted by Crippen LogP contribution is 1.99. The largest absolute Gasteiger partial charge is 0.481 e. The van der Waals surface area contributed by atoms with Gasteiger partial charge in [-0.25, -0.2) is 0 Å². The van der Waals surface area contributed by atoms with E-state index in [2.05, 4.69) is 0 Å². The molecule has 78 valence electrons. The van der Waals surface area contributed by atoms with Gasteiger partial charge in [0.05, 0.1) is 19.6 Å². The maximum atomic E-state index is 11.0. The minimum absolute atomic E-state index is 0.00615. The van der Waals surface area contributed by atoms with Gasteiger partial charge in [0, 0.05) is 19.2 Å². The van der Waals surface area contributed by atoms with E-state index in [0.29, 0.717) is 19.7 Å². The molecule has 0 fully saturated rings. The van der Waals surface area contributed by atoms with E-state index in [1.165, 1.54) is 6.08 Å². The minimum atomic E-state index is -0.871. The zero-order valence-electron chi connectivity index (χ0n) is 7.81. The van der Waals surface area contributed by atoms with E-state index in [1.807, 2.05) is 0 Å². The molecule has 0 saturated heterocycles. The van der Waals surface area contributed by atoms with Crippen LogP contribution in [0.4, 0.5) is 0 Å². The Balaban J connectivity index is 1.99. The number of carboxylic acids is 1. The fourth-order valence-electron chi connectivity index (χ4n) is 1.11. The van der Waals surface area contributed by atoms with Crippen LogP contribution in [-0.2, 0) is 14.3 Å². The molecule has 14 heavy (non-hydrogen) atoms. The fourth-order valence-corrected chi connectivity index (χ4v) is 1.11. The van der Waals surface area contributed by atoms with Gasteiger partial charge in [0.1, 0.15) is 0 Å². The number of nitrogens with zero attached hydrogens (tertiary/aromatic N) is 1. The molecule has 1 rings (SSSR count). The van der Waals surface area contributed by atoms with Gasteiger partial charge in [0.25, 0.3) is 0 Å². The summed E-state index contributed by atoms with van der Waals surface area (Å²) in [5, 5.41) is 8.31. The Morgan fingerprint density at radius 1 is 1.57 bits per heavy atom. The summed E-state index contributed by atoms with van der Waals surface area (Å²) >= 11 is 0. The van der Waals surface area contributed by atoms with Gasteiger partial charge in [-0.05, 0) is 0 Å². The van der Waals surface area contributed by atoms with Crippen LogP contribution in [0.3, 0.4) is 0 Å². The van der Waals surface area contributed by atoms with E-state index in [0.717, 1.165) is 0 Å². The van der Waals surface area contributed by atoms with Crippen LogP contribution in [-0.4, -0.2) is 48.2 Å².